The highest BCUT2D eigenvalue weighted by Crippen LogP contribution is 2.18. The summed E-state index contributed by atoms with van der Waals surface area (Å²) >= 11 is 0. The number of hydrogen-bond donors (Lipinski definition) is 1. The molecule has 102 valence electrons. The number of nitrogens with zero attached hydrogens (tertiary/aromatic N) is 2. The number of pyridine rings is 1. The Morgan fingerprint density at radius 3 is 2.79 bits per heavy atom. The van der Waals surface area contributed by atoms with Gasteiger partial charge in [-0.1, -0.05) is 13.0 Å². The summed E-state index contributed by atoms with van der Waals surface area (Å²) in [4.78, 5) is 8.70. The Morgan fingerprint density at radius 1 is 1.32 bits per heavy atom. The Hall–Kier alpha value is -1.68. The number of aryl methyl sites for hydroxylation is 1. The number of hydrogen-bond acceptors (Lipinski definition) is 4. The first-order valence-electron chi connectivity index (χ1n) is 6.61. The molecule has 0 unspecified atom stereocenters. The van der Waals surface area contributed by atoms with Crippen LogP contribution in [0.1, 0.15) is 50.2 Å². The third-order valence-corrected chi connectivity index (χ3v) is 2.86. The molecule has 0 aliphatic rings. The molecular weight excluding hydrogens is 240 g/mol. The summed E-state index contributed by atoms with van der Waals surface area (Å²) in [6.45, 7) is 5.56. The maximum absolute atomic E-state index is 9.95. The van der Waals surface area contributed by atoms with Crippen LogP contribution in [0.4, 0.5) is 0 Å². The van der Waals surface area contributed by atoms with Crippen molar-refractivity contribution in [3.05, 3.63) is 47.4 Å². The summed E-state index contributed by atoms with van der Waals surface area (Å²) in [5, 5.41) is 9.95. The van der Waals surface area contributed by atoms with Gasteiger partial charge in [0.05, 0.1) is 24.0 Å². The summed E-state index contributed by atoms with van der Waals surface area (Å²) in [5.74, 6) is 1.58. The van der Waals surface area contributed by atoms with Gasteiger partial charge >= 0.3 is 0 Å². The summed E-state index contributed by atoms with van der Waals surface area (Å²) in [5.41, 5.74) is 0.579. The monoisotopic (exact) mass is 260 g/mol. The Balaban J connectivity index is 2.14. The standard InChI is InChI=1S/C15H20N2O2/c1-4-6-12-10-16-14(19-12)9-11-7-5-8-13(17-11)15(2,3)18/h5,7-8,10,18H,4,6,9H2,1-3H3. The molecule has 0 amide bonds. The molecule has 2 heterocycles. The summed E-state index contributed by atoms with van der Waals surface area (Å²) in [6, 6.07) is 5.63. The fourth-order valence-corrected chi connectivity index (χ4v) is 1.87. The van der Waals surface area contributed by atoms with Gasteiger partial charge in [-0.15, -0.1) is 0 Å². The minimum absolute atomic E-state index is 0.549. The van der Waals surface area contributed by atoms with Crippen molar-refractivity contribution in [3.8, 4) is 0 Å². The first kappa shape index (κ1) is 13.7. The molecule has 2 aromatic heterocycles. The Morgan fingerprint density at radius 2 is 2.11 bits per heavy atom. The first-order valence-corrected chi connectivity index (χ1v) is 6.61. The molecule has 0 saturated heterocycles. The Labute approximate surface area is 113 Å². The summed E-state index contributed by atoms with van der Waals surface area (Å²) in [7, 11) is 0. The molecule has 2 rings (SSSR count). The van der Waals surface area contributed by atoms with E-state index in [1.807, 2.05) is 18.2 Å². The van der Waals surface area contributed by atoms with Crippen molar-refractivity contribution in [1.82, 2.24) is 9.97 Å². The van der Waals surface area contributed by atoms with Crippen LogP contribution in [0.5, 0.6) is 0 Å². The second kappa shape index (κ2) is 5.53. The first-order chi connectivity index (χ1) is 8.99. The highest BCUT2D eigenvalue weighted by Gasteiger charge is 2.18. The number of oxazole rings is 1. The van der Waals surface area contributed by atoms with Crippen molar-refractivity contribution in [2.45, 2.75) is 45.6 Å². The van der Waals surface area contributed by atoms with Crippen LogP contribution in [0.25, 0.3) is 0 Å². The molecule has 4 nitrogen and oxygen atoms in total. The zero-order valence-electron chi connectivity index (χ0n) is 11.7. The predicted octanol–water partition coefficient (Wildman–Crippen LogP) is 2.84. The molecule has 0 aromatic carbocycles. The van der Waals surface area contributed by atoms with Gasteiger partial charge in [0.25, 0.3) is 0 Å². The lowest BCUT2D eigenvalue weighted by Crippen LogP contribution is -2.18. The molecule has 0 aliphatic carbocycles. The van der Waals surface area contributed by atoms with Crippen LogP contribution in [0.2, 0.25) is 0 Å². The van der Waals surface area contributed by atoms with Crippen LogP contribution >= 0.6 is 0 Å². The molecule has 0 atom stereocenters. The third-order valence-electron chi connectivity index (χ3n) is 2.86. The lowest BCUT2D eigenvalue weighted by atomic mass is 10.0. The van der Waals surface area contributed by atoms with Gasteiger partial charge in [-0.25, -0.2) is 4.98 Å². The molecule has 0 aliphatic heterocycles. The normalized spacial score (nSPS) is 11.8. The van der Waals surface area contributed by atoms with Crippen LogP contribution in [-0.2, 0) is 18.4 Å². The van der Waals surface area contributed by atoms with Crippen LogP contribution in [0.3, 0.4) is 0 Å². The molecular formula is C15H20N2O2. The molecule has 0 bridgehead atoms. The van der Waals surface area contributed by atoms with Crippen LogP contribution in [-0.4, -0.2) is 15.1 Å². The van der Waals surface area contributed by atoms with E-state index in [1.54, 1.807) is 20.0 Å². The topological polar surface area (TPSA) is 59.2 Å². The number of rotatable bonds is 5. The molecule has 19 heavy (non-hydrogen) atoms. The quantitative estimate of drug-likeness (QED) is 0.898. The van der Waals surface area contributed by atoms with Crippen molar-refractivity contribution in [3.63, 3.8) is 0 Å². The van der Waals surface area contributed by atoms with Crippen molar-refractivity contribution in [2.24, 2.45) is 0 Å². The highest BCUT2D eigenvalue weighted by molar-refractivity contribution is 5.18. The second-order valence-electron chi connectivity index (χ2n) is 5.22. The molecule has 2 aromatic rings. The summed E-state index contributed by atoms with van der Waals surface area (Å²) < 4.78 is 5.64. The largest absolute Gasteiger partial charge is 0.445 e. The zero-order chi connectivity index (χ0) is 13.9. The van der Waals surface area contributed by atoms with Crippen molar-refractivity contribution in [1.29, 1.82) is 0 Å². The van der Waals surface area contributed by atoms with E-state index in [4.69, 9.17) is 4.42 Å². The summed E-state index contributed by atoms with van der Waals surface area (Å²) in [6.07, 6.45) is 4.28. The number of aromatic nitrogens is 2. The van der Waals surface area contributed by atoms with Gasteiger partial charge < -0.3 is 9.52 Å². The maximum atomic E-state index is 9.95. The number of aliphatic hydroxyl groups is 1. The van der Waals surface area contributed by atoms with Gasteiger partial charge in [0.2, 0.25) is 0 Å². The minimum atomic E-state index is -0.931. The van der Waals surface area contributed by atoms with E-state index in [9.17, 15) is 5.11 Å². The second-order valence-corrected chi connectivity index (χ2v) is 5.22. The molecule has 0 spiro atoms. The molecule has 0 fully saturated rings. The molecule has 1 N–H and O–H groups in total. The van der Waals surface area contributed by atoms with Crippen molar-refractivity contribution >= 4 is 0 Å². The maximum Gasteiger partial charge on any atom is 0.200 e. The lowest BCUT2D eigenvalue weighted by molar-refractivity contribution is 0.0736. The lowest BCUT2D eigenvalue weighted by Gasteiger charge is -2.16. The van der Waals surface area contributed by atoms with Crippen LogP contribution in [0, 0.1) is 0 Å². The fraction of sp³-hybridized carbons (Fsp3) is 0.467. The predicted molar refractivity (Wildman–Crippen MR) is 72.8 cm³/mol. The van der Waals surface area contributed by atoms with Gasteiger partial charge in [0.1, 0.15) is 11.4 Å². The highest BCUT2D eigenvalue weighted by atomic mass is 16.4. The average molecular weight is 260 g/mol. The van der Waals surface area contributed by atoms with E-state index in [0.717, 1.165) is 24.3 Å². The van der Waals surface area contributed by atoms with E-state index in [0.29, 0.717) is 18.0 Å². The van der Waals surface area contributed by atoms with Gasteiger partial charge in [0, 0.05) is 6.42 Å². The molecule has 0 radical (unpaired) electrons. The van der Waals surface area contributed by atoms with Crippen molar-refractivity contribution < 1.29 is 9.52 Å². The Kier molecular flexibility index (Phi) is 4.00. The minimum Gasteiger partial charge on any atom is -0.445 e. The third kappa shape index (κ3) is 3.64. The average Bonchev–Trinajstić information content (AvgIpc) is 2.76. The van der Waals surface area contributed by atoms with Gasteiger partial charge in [-0.05, 0) is 32.4 Å². The SMILES string of the molecule is CCCc1cnc(Cc2cccc(C(C)(C)O)n2)o1. The van der Waals surface area contributed by atoms with E-state index in [2.05, 4.69) is 16.9 Å². The van der Waals surface area contributed by atoms with Gasteiger partial charge in [0.15, 0.2) is 5.89 Å². The van der Waals surface area contributed by atoms with Crippen LogP contribution in [0.15, 0.2) is 28.8 Å². The Bertz CT molecular complexity index is 541. The fourth-order valence-electron chi connectivity index (χ4n) is 1.87. The molecule has 0 saturated carbocycles. The van der Waals surface area contributed by atoms with Gasteiger partial charge in [-0.2, -0.15) is 0 Å². The van der Waals surface area contributed by atoms with E-state index >= 15 is 0 Å². The smallest absolute Gasteiger partial charge is 0.200 e. The van der Waals surface area contributed by atoms with E-state index in [1.165, 1.54) is 0 Å². The van der Waals surface area contributed by atoms with E-state index < -0.39 is 5.60 Å². The van der Waals surface area contributed by atoms with Crippen molar-refractivity contribution in [2.75, 3.05) is 0 Å². The van der Waals surface area contributed by atoms with Crippen LogP contribution < -0.4 is 0 Å². The van der Waals surface area contributed by atoms with E-state index in [-0.39, 0.29) is 0 Å². The van der Waals surface area contributed by atoms with Gasteiger partial charge in [-0.3, -0.25) is 4.98 Å². The zero-order valence-corrected chi connectivity index (χ0v) is 11.7. The molecule has 4 heteroatoms.